The summed E-state index contributed by atoms with van der Waals surface area (Å²) in [5, 5.41) is 57.1. The van der Waals surface area contributed by atoms with Crippen molar-refractivity contribution in [2.24, 2.45) is 0 Å². The Kier molecular flexibility index (Phi) is 11.3. The molecule has 0 aliphatic heterocycles. The molecule has 0 aromatic heterocycles. The van der Waals surface area contributed by atoms with E-state index in [0.717, 1.165) is 6.07 Å². The Balaban J connectivity index is 2.34. The molecule has 0 spiro atoms. The minimum absolute atomic E-state index is 0.0530. The zero-order chi connectivity index (χ0) is 22.7. The van der Waals surface area contributed by atoms with Gasteiger partial charge in [-0.3, -0.25) is 0 Å². The van der Waals surface area contributed by atoms with Gasteiger partial charge in [-0.15, -0.1) is 0 Å². The monoisotopic (exact) mass is 428 g/mol. The van der Waals surface area contributed by atoms with Gasteiger partial charge in [-0.25, -0.2) is 9.59 Å². The Labute approximate surface area is 175 Å². The van der Waals surface area contributed by atoms with Crippen LogP contribution in [-0.4, -0.2) is 73.6 Å². The normalized spacial score (nSPS) is 15.2. The highest BCUT2D eigenvalue weighted by Gasteiger charge is 2.15. The predicted molar refractivity (Wildman–Crippen MR) is 108 cm³/mol. The van der Waals surface area contributed by atoms with Gasteiger partial charge in [0.1, 0.15) is 5.75 Å². The molecule has 0 aliphatic carbocycles. The van der Waals surface area contributed by atoms with Gasteiger partial charge in [-0.1, -0.05) is 0 Å². The molecule has 30 heavy (non-hydrogen) atoms. The third-order valence-corrected chi connectivity index (χ3v) is 4.70. The van der Waals surface area contributed by atoms with Crippen LogP contribution in [0.5, 0.6) is 5.75 Å². The maximum atomic E-state index is 11.1. The highest BCUT2D eigenvalue weighted by Crippen LogP contribution is 2.19. The van der Waals surface area contributed by atoms with Crippen molar-refractivity contribution in [2.45, 2.75) is 76.3 Å². The van der Waals surface area contributed by atoms with E-state index >= 15 is 0 Å². The van der Waals surface area contributed by atoms with Gasteiger partial charge in [0.25, 0.3) is 0 Å². The molecule has 0 fully saturated rings. The van der Waals surface area contributed by atoms with Gasteiger partial charge in [-0.05, 0) is 63.6 Å². The second-order valence-electron chi connectivity index (χ2n) is 7.54. The highest BCUT2D eigenvalue weighted by atomic mass is 16.5. The molecule has 0 heterocycles. The van der Waals surface area contributed by atoms with Crippen LogP contribution in [0, 0.1) is 0 Å². The number of aliphatic hydroxyl groups excluding tert-OH is 4. The van der Waals surface area contributed by atoms with Crippen molar-refractivity contribution in [1.82, 2.24) is 0 Å². The lowest BCUT2D eigenvalue weighted by Gasteiger charge is -2.17. The van der Waals surface area contributed by atoms with Crippen molar-refractivity contribution in [2.75, 3.05) is 6.61 Å². The number of rotatable bonds is 15. The smallest absolute Gasteiger partial charge is 0.335 e. The van der Waals surface area contributed by atoms with E-state index in [1.165, 1.54) is 12.1 Å². The minimum Gasteiger partial charge on any atom is -0.493 e. The molecule has 0 radical (unpaired) electrons. The minimum atomic E-state index is -1.27. The lowest BCUT2D eigenvalue weighted by atomic mass is 10.0. The van der Waals surface area contributed by atoms with Gasteiger partial charge in [0, 0.05) is 6.42 Å². The van der Waals surface area contributed by atoms with Crippen molar-refractivity contribution in [3.8, 4) is 5.75 Å². The molecule has 170 valence electrons. The van der Waals surface area contributed by atoms with Crippen LogP contribution >= 0.6 is 0 Å². The molecule has 1 rings (SSSR count). The van der Waals surface area contributed by atoms with Crippen molar-refractivity contribution < 1.29 is 45.0 Å². The Bertz CT molecular complexity index is 642. The fourth-order valence-electron chi connectivity index (χ4n) is 2.88. The van der Waals surface area contributed by atoms with Gasteiger partial charge in [0.2, 0.25) is 0 Å². The first kappa shape index (κ1) is 25.8. The summed E-state index contributed by atoms with van der Waals surface area (Å²) in [5.74, 6) is -2.45. The van der Waals surface area contributed by atoms with E-state index in [4.69, 9.17) is 14.9 Å². The fourth-order valence-corrected chi connectivity index (χ4v) is 2.88. The Hall–Kier alpha value is -2.20. The molecular weight excluding hydrogens is 396 g/mol. The summed E-state index contributed by atoms with van der Waals surface area (Å²) in [6, 6.07) is 3.47. The second-order valence-corrected chi connectivity index (χ2v) is 7.54. The van der Waals surface area contributed by atoms with Crippen molar-refractivity contribution in [3.63, 3.8) is 0 Å². The topological polar surface area (TPSA) is 165 Å². The molecule has 4 atom stereocenters. The Morgan fingerprint density at radius 2 is 1.13 bits per heavy atom. The largest absolute Gasteiger partial charge is 0.493 e. The number of ether oxygens (including phenoxy) is 1. The second kappa shape index (κ2) is 13.2. The van der Waals surface area contributed by atoms with Gasteiger partial charge in [0.15, 0.2) is 0 Å². The molecule has 1 aromatic carbocycles. The molecule has 0 aliphatic rings. The van der Waals surface area contributed by atoms with Gasteiger partial charge < -0.3 is 35.4 Å². The lowest BCUT2D eigenvalue weighted by Crippen LogP contribution is -2.18. The van der Waals surface area contributed by atoms with Crippen LogP contribution in [0.15, 0.2) is 18.2 Å². The highest BCUT2D eigenvalue weighted by molar-refractivity contribution is 5.94. The number of carbonyl (C=O) groups is 2. The third kappa shape index (κ3) is 10.5. The quantitative estimate of drug-likeness (QED) is 0.244. The summed E-state index contributed by atoms with van der Waals surface area (Å²) >= 11 is 0. The first-order valence-electron chi connectivity index (χ1n) is 10.0. The molecule has 0 amide bonds. The number of benzene rings is 1. The van der Waals surface area contributed by atoms with E-state index in [1.807, 2.05) is 0 Å². The van der Waals surface area contributed by atoms with E-state index in [9.17, 15) is 30.0 Å². The number of aromatic carboxylic acids is 2. The van der Waals surface area contributed by atoms with Crippen LogP contribution < -0.4 is 4.74 Å². The first-order valence-corrected chi connectivity index (χ1v) is 10.0. The standard InChI is InChI=1S/C21H32O9/c1-13(22)2-3-16(23)4-5-17(24)6-7-18(25)8-9-30-19-11-14(20(26)27)10-15(12-19)21(28)29/h10-13,16-18,22-25H,2-9H2,1H3,(H,26,27)(H,28,29). The summed E-state index contributed by atoms with van der Waals surface area (Å²) in [5.41, 5.74) is -0.409. The Morgan fingerprint density at radius 1 is 0.733 bits per heavy atom. The molecule has 9 heteroatoms. The number of carboxylic acid groups (broad SMARTS) is 2. The van der Waals surface area contributed by atoms with Crippen molar-refractivity contribution in [3.05, 3.63) is 29.3 Å². The van der Waals surface area contributed by atoms with Gasteiger partial charge in [-0.2, -0.15) is 0 Å². The van der Waals surface area contributed by atoms with Crippen molar-refractivity contribution in [1.29, 1.82) is 0 Å². The molecule has 0 bridgehead atoms. The molecule has 0 saturated heterocycles. The maximum Gasteiger partial charge on any atom is 0.335 e. The van der Waals surface area contributed by atoms with Crippen molar-refractivity contribution >= 4 is 11.9 Å². The molecular formula is C21H32O9. The van der Waals surface area contributed by atoms with E-state index < -0.39 is 36.4 Å². The predicted octanol–water partition coefficient (Wildman–Crippen LogP) is 1.66. The molecule has 9 nitrogen and oxygen atoms in total. The first-order chi connectivity index (χ1) is 14.1. The van der Waals surface area contributed by atoms with Crippen LogP contribution in [-0.2, 0) is 0 Å². The van der Waals surface area contributed by atoms with Crippen LogP contribution in [0.3, 0.4) is 0 Å². The van der Waals surface area contributed by atoms with E-state index in [0.29, 0.717) is 38.5 Å². The zero-order valence-electron chi connectivity index (χ0n) is 17.1. The Morgan fingerprint density at radius 3 is 1.53 bits per heavy atom. The van der Waals surface area contributed by atoms with Crippen LogP contribution in [0.1, 0.15) is 72.6 Å². The fraction of sp³-hybridized carbons (Fsp3) is 0.619. The van der Waals surface area contributed by atoms with Gasteiger partial charge in [0.05, 0.1) is 42.1 Å². The summed E-state index contributed by atoms with van der Waals surface area (Å²) < 4.78 is 5.39. The summed E-state index contributed by atoms with van der Waals surface area (Å²) in [6.45, 7) is 1.71. The molecule has 6 N–H and O–H groups in total. The number of hydrogen-bond acceptors (Lipinski definition) is 7. The number of hydrogen-bond donors (Lipinski definition) is 6. The van der Waals surface area contributed by atoms with E-state index in [-0.39, 0.29) is 29.9 Å². The third-order valence-electron chi connectivity index (χ3n) is 4.70. The van der Waals surface area contributed by atoms with E-state index in [1.54, 1.807) is 6.92 Å². The average molecular weight is 428 g/mol. The maximum absolute atomic E-state index is 11.1. The van der Waals surface area contributed by atoms with Crippen LogP contribution in [0.25, 0.3) is 0 Å². The van der Waals surface area contributed by atoms with Gasteiger partial charge >= 0.3 is 11.9 Å². The lowest BCUT2D eigenvalue weighted by molar-refractivity contribution is 0.0694. The molecule has 0 saturated carbocycles. The van der Waals surface area contributed by atoms with E-state index in [2.05, 4.69) is 0 Å². The zero-order valence-corrected chi connectivity index (χ0v) is 17.1. The summed E-state index contributed by atoms with van der Waals surface area (Å²) in [6.07, 6.45) is 0.219. The summed E-state index contributed by atoms with van der Waals surface area (Å²) in [4.78, 5) is 22.2. The molecule has 1 aromatic rings. The van der Waals surface area contributed by atoms with Crippen LogP contribution in [0.2, 0.25) is 0 Å². The average Bonchev–Trinajstić information content (AvgIpc) is 2.68. The SMILES string of the molecule is CC(O)CCC(O)CCC(O)CCC(O)CCOc1cc(C(=O)O)cc(C(=O)O)c1. The van der Waals surface area contributed by atoms with Crippen LogP contribution in [0.4, 0.5) is 0 Å². The number of carboxylic acids is 2. The summed E-state index contributed by atoms with van der Waals surface area (Å²) in [7, 11) is 0. The number of aliphatic hydroxyl groups is 4. The molecule has 4 unspecified atom stereocenters.